The van der Waals surface area contributed by atoms with E-state index in [1.807, 2.05) is 4.57 Å². The second-order valence-electron chi connectivity index (χ2n) is 11.5. The number of amides is 1. The summed E-state index contributed by atoms with van der Waals surface area (Å²) in [5.41, 5.74) is 7.05. The van der Waals surface area contributed by atoms with Crippen molar-refractivity contribution in [2.24, 2.45) is 28.9 Å². The van der Waals surface area contributed by atoms with Crippen LogP contribution >= 0.6 is 11.6 Å². The van der Waals surface area contributed by atoms with Crippen molar-refractivity contribution >= 4 is 34.5 Å². The van der Waals surface area contributed by atoms with Gasteiger partial charge in [-0.15, -0.1) is 0 Å². The number of rotatable bonds is 4. The van der Waals surface area contributed by atoms with Crippen molar-refractivity contribution in [2.75, 3.05) is 18.4 Å². The van der Waals surface area contributed by atoms with Gasteiger partial charge in [-0.2, -0.15) is 9.97 Å². The summed E-state index contributed by atoms with van der Waals surface area (Å²) in [7, 11) is 0. The van der Waals surface area contributed by atoms with Gasteiger partial charge in [0.05, 0.1) is 11.9 Å². The lowest BCUT2D eigenvalue weighted by Crippen LogP contribution is -2.63. The summed E-state index contributed by atoms with van der Waals surface area (Å²) in [5, 5.41) is 6.71. The third kappa shape index (κ3) is 3.73. The lowest BCUT2D eigenvalue weighted by molar-refractivity contribution is -0.231. The number of aromatic nitrogens is 4. The summed E-state index contributed by atoms with van der Waals surface area (Å²) < 4.78 is 8.96. The number of halogens is 1. The molecule has 4 N–H and O–H groups in total. The maximum absolute atomic E-state index is 12.1. The molecule has 2 saturated carbocycles. The van der Waals surface area contributed by atoms with Crippen LogP contribution in [0.4, 0.5) is 5.82 Å². The van der Waals surface area contributed by atoms with Gasteiger partial charge in [-0.25, -0.2) is 4.98 Å². The van der Waals surface area contributed by atoms with Gasteiger partial charge in [-0.3, -0.25) is 9.36 Å². The molecule has 1 amide bonds. The Morgan fingerprint density at radius 1 is 1.20 bits per heavy atom. The highest BCUT2D eigenvalue weighted by Crippen LogP contribution is 2.61. The summed E-state index contributed by atoms with van der Waals surface area (Å²) in [5.74, 6) is 2.66. The lowest BCUT2D eigenvalue weighted by Gasteiger charge is -2.62. The van der Waals surface area contributed by atoms with Crippen molar-refractivity contribution in [2.45, 2.75) is 83.1 Å². The van der Waals surface area contributed by atoms with Crippen molar-refractivity contribution in [3.8, 4) is 0 Å². The number of nitrogens with zero attached hydrogens (tertiary/aromatic N) is 4. The molecule has 0 radical (unpaired) electrons. The third-order valence-corrected chi connectivity index (χ3v) is 9.87. The van der Waals surface area contributed by atoms with Crippen molar-refractivity contribution in [3.63, 3.8) is 0 Å². The van der Waals surface area contributed by atoms with Crippen molar-refractivity contribution in [1.29, 1.82) is 0 Å². The van der Waals surface area contributed by atoms with Gasteiger partial charge in [-0.1, -0.05) is 6.92 Å². The zero-order chi connectivity index (χ0) is 24.4. The van der Waals surface area contributed by atoms with Crippen LogP contribution in [-0.2, 0) is 9.53 Å². The van der Waals surface area contributed by atoms with Gasteiger partial charge >= 0.3 is 0 Å². The Kier molecular flexibility index (Phi) is 5.73. The first-order valence-corrected chi connectivity index (χ1v) is 13.5. The highest BCUT2D eigenvalue weighted by molar-refractivity contribution is 6.28. The van der Waals surface area contributed by atoms with Crippen LogP contribution in [0.1, 0.15) is 71.4 Å². The molecule has 0 aromatic carbocycles. The van der Waals surface area contributed by atoms with E-state index in [1.54, 1.807) is 6.33 Å². The normalized spacial score (nSPS) is 38.9. The van der Waals surface area contributed by atoms with Crippen LogP contribution in [0.5, 0.6) is 0 Å². The topological polar surface area (TPSA) is 120 Å². The summed E-state index contributed by atoms with van der Waals surface area (Å²) >= 11 is 6.26. The highest BCUT2D eigenvalue weighted by atomic mass is 35.5. The Morgan fingerprint density at radius 3 is 2.89 bits per heavy atom. The average Bonchev–Trinajstić information content (AvgIpc) is 3.25. The second-order valence-corrected chi connectivity index (χ2v) is 11.8. The summed E-state index contributed by atoms with van der Waals surface area (Å²) in [4.78, 5) is 25.5. The number of ether oxygens (including phenoxy) is 1. The minimum absolute atomic E-state index is 0.132. The summed E-state index contributed by atoms with van der Waals surface area (Å²) in [6.07, 6.45) is 9.83. The molecule has 2 aliphatic heterocycles. The first-order valence-electron chi connectivity index (χ1n) is 13.1. The van der Waals surface area contributed by atoms with Gasteiger partial charge in [-0.05, 0) is 86.6 Å². The third-order valence-electron chi connectivity index (χ3n) is 9.70. The Balaban J connectivity index is 1.25. The SMILES string of the molecule is C[C@]12CCC(=O)N[C@@H]1CC[C@@H]1[C@@H]2CC[C@]2(C)O[C@H](n3cnc4c(NCCN)nc(Cl)nc43)CC[C@@H]12. The van der Waals surface area contributed by atoms with E-state index in [0.717, 1.165) is 38.5 Å². The molecule has 4 aliphatic rings. The monoisotopic (exact) mass is 501 g/mol. The molecule has 2 aliphatic carbocycles. The van der Waals surface area contributed by atoms with E-state index in [2.05, 4.69) is 39.4 Å². The fourth-order valence-corrected chi connectivity index (χ4v) is 8.12. The molecule has 35 heavy (non-hydrogen) atoms. The number of anilines is 1. The minimum Gasteiger partial charge on any atom is -0.367 e. The number of imidazole rings is 1. The van der Waals surface area contributed by atoms with Gasteiger partial charge in [0.2, 0.25) is 11.2 Å². The van der Waals surface area contributed by atoms with Crippen molar-refractivity contribution in [3.05, 3.63) is 11.6 Å². The van der Waals surface area contributed by atoms with Crippen LogP contribution in [0.15, 0.2) is 6.33 Å². The molecule has 0 bridgehead atoms. The van der Waals surface area contributed by atoms with Gasteiger partial charge < -0.3 is 21.1 Å². The fourth-order valence-electron chi connectivity index (χ4n) is 7.96. The largest absolute Gasteiger partial charge is 0.367 e. The number of nitrogens with two attached hydrogens (primary N) is 1. The van der Waals surface area contributed by atoms with E-state index in [0.29, 0.717) is 60.3 Å². The van der Waals surface area contributed by atoms with Crippen LogP contribution < -0.4 is 16.4 Å². The van der Waals surface area contributed by atoms with Crippen LogP contribution in [0.2, 0.25) is 5.28 Å². The maximum atomic E-state index is 12.1. The molecule has 2 aromatic heterocycles. The predicted octanol–water partition coefficient (Wildman–Crippen LogP) is 3.64. The Morgan fingerprint density at radius 2 is 2.06 bits per heavy atom. The van der Waals surface area contributed by atoms with E-state index >= 15 is 0 Å². The van der Waals surface area contributed by atoms with Crippen molar-refractivity contribution in [1.82, 2.24) is 24.8 Å². The Bertz CT molecular complexity index is 1140. The highest BCUT2D eigenvalue weighted by Gasteiger charge is 2.59. The molecule has 6 rings (SSSR count). The molecular weight excluding hydrogens is 466 g/mol. The van der Waals surface area contributed by atoms with Crippen LogP contribution in [0.25, 0.3) is 11.2 Å². The number of piperidine rings is 1. The molecule has 0 unspecified atom stereocenters. The molecule has 4 fully saturated rings. The minimum atomic E-state index is -0.181. The molecule has 190 valence electrons. The molecule has 4 heterocycles. The Labute approximate surface area is 210 Å². The fraction of sp³-hybridized carbons (Fsp3) is 0.760. The van der Waals surface area contributed by atoms with E-state index < -0.39 is 0 Å². The quantitative estimate of drug-likeness (QED) is 0.547. The maximum Gasteiger partial charge on any atom is 0.226 e. The number of carbonyl (C=O) groups excluding carboxylic acids is 1. The zero-order valence-corrected chi connectivity index (χ0v) is 21.4. The summed E-state index contributed by atoms with van der Waals surface area (Å²) in [6.45, 7) is 5.82. The van der Waals surface area contributed by atoms with Crippen LogP contribution in [-0.4, -0.2) is 50.2 Å². The van der Waals surface area contributed by atoms with E-state index in [4.69, 9.17) is 22.1 Å². The van der Waals surface area contributed by atoms with E-state index in [-0.39, 0.29) is 28.4 Å². The number of nitrogens with one attached hydrogen (secondary N) is 2. The van der Waals surface area contributed by atoms with Crippen LogP contribution in [0, 0.1) is 23.2 Å². The Hall–Kier alpha value is -1.97. The number of fused-ring (bicyclic) bond motifs is 6. The molecule has 2 saturated heterocycles. The number of carbonyl (C=O) groups is 1. The zero-order valence-electron chi connectivity index (χ0n) is 20.6. The van der Waals surface area contributed by atoms with E-state index in [9.17, 15) is 4.79 Å². The van der Waals surface area contributed by atoms with Crippen LogP contribution in [0.3, 0.4) is 0 Å². The predicted molar refractivity (Wildman–Crippen MR) is 134 cm³/mol. The van der Waals surface area contributed by atoms with Crippen molar-refractivity contribution < 1.29 is 9.53 Å². The lowest BCUT2D eigenvalue weighted by atomic mass is 9.48. The molecular formula is C25H36ClN7O2. The molecule has 7 atom stereocenters. The molecule has 9 nitrogen and oxygen atoms in total. The number of hydrogen-bond acceptors (Lipinski definition) is 7. The standard InChI is InChI=1S/C25H36ClN7O2/c1-24-9-8-18(34)30-17(24)5-3-14-15(24)7-10-25(2)16(14)4-6-19(35-25)33-13-29-20-21(28-12-11-27)31-23(26)32-22(20)33/h13-17,19H,3-12,27H2,1-2H3,(H,30,34)(H,28,31,32)/t14-,15+,16+,17-,19+,24-,25+/m1/s1. The van der Waals surface area contributed by atoms with Gasteiger partial charge in [0.25, 0.3) is 0 Å². The smallest absolute Gasteiger partial charge is 0.226 e. The average molecular weight is 502 g/mol. The molecule has 2 aromatic rings. The van der Waals surface area contributed by atoms with Gasteiger partial charge in [0, 0.05) is 25.6 Å². The first kappa shape index (κ1) is 23.4. The number of hydrogen-bond donors (Lipinski definition) is 3. The molecule has 10 heteroatoms. The first-order chi connectivity index (χ1) is 16.8. The van der Waals surface area contributed by atoms with E-state index in [1.165, 1.54) is 6.42 Å². The second kappa shape index (κ2) is 8.56. The summed E-state index contributed by atoms with van der Waals surface area (Å²) in [6, 6.07) is 0.329. The van der Waals surface area contributed by atoms with Gasteiger partial charge in [0.1, 0.15) is 6.23 Å². The van der Waals surface area contributed by atoms with Gasteiger partial charge in [0.15, 0.2) is 17.0 Å². The molecule has 0 spiro atoms.